The van der Waals surface area contributed by atoms with Crippen molar-refractivity contribution in [2.45, 2.75) is 4.90 Å². The third kappa shape index (κ3) is 3.56. The molecule has 0 saturated carbocycles. The number of pyridine rings is 1. The van der Waals surface area contributed by atoms with Crippen molar-refractivity contribution in [1.82, 2.24) is 4.98 Å². The molecular formula is C12H8BrFN2O4S. The summed E-state index contributed by atoms with van der Waals surface area (Å²) in [5.74, 6) is -2.31. The summed E-state index contributed by atoms with van der Waals surface area (Å²) in [6.07, 6.45) is 0. The number of nitrogens with one attached hydrogen (secondary N) is 1. The first kappa shape index (κ1) is 15.4. The number of nitrogens with zero attached hydrogens (tertiary/aromatic N) is 1. The minimum absolute atomic E-state index is 0.177. The van der Waals surface area contributed by atoms with Gasteiger partial charge in [-0.1, -0.05) is 6.07 Å². The molecule has 21 heavy (non-hydrogen) atoms. The topological polar surface area (TPSA) is 96.4 Å². The summed E-state index contributed by atoms with van der Waals surface area (Å²) in [7, 11) is -4.11. The van der Waals surface area contributed by atoms with E-state index in [-0.39, 0.29) is 20.7 Å². The summed E-state index contributed by atoms with van der Waals surface area (Å²) in [6, 6.07) is 7.19. The quantitative estimate of drug-likeness (QED) is 0.801. The average Bonchev–Trinajstić information content (AvgIpc) is 2.38. The Bertz CT molecular complexity index is 811. The summed E-state index contributed by atoms with van der Waals surface area (Å²) in [4.78, 5) is 14.0. The molecule has 0 bridgehead atoms. The van der Waals surface area contributed by atoms with Crippen LogP contribution in [0.3, 0.4) is 0 Å². The molecule has 0 spiro atoms. The van der Waals surface area contributed by atoms with Gasteiger partial charge < -0.3 is 5.11 Å². The van der Waals surface area contributed by atoms with E-state index in [1.54, 1.807) is 0 Å². The number of aromatic nitrogens is 1. The molecule has 2 aromatic rings. The largest absolute Gasteiger partial charge is 0.478 e. The van der Waals surface area contributed by atoms with Crippen molar-refractivity contribution < 1.29 is 22.7 Å². The molecule has 0 amide bonds. The van der Waals surface area contributed by atoms with Crippen LogP contribution in [-0.4, -0.2) is 24.5 Å². The van der Waals surface area contributed by atoms with E-state index in [1.165, 1.54) is 24.3 Å². The molecule has 1 heterocycles. The number of anilines is 1. The van der Waals surface area contributed by atoms with Crippen molar-refractivity contribution >= 4 is 37.7 Å². The highest BCUT2D eigenvalue weighted by Crippen LogP contribution is 2.25. The second-order valence-corrected chi connectivity index (χ2v) is 6.41. The maximum atomic E-state index is 13.0. The monoisotopic (exact) mass is 374 g/mol. The van der Waals surface area contributed by atoms with E-state index >= 15 is 0 Å². The smallest absolute Gasteiger partial charge is 0.335 e. The molecule has 0 aliphatic carbocycles. The van der Waals surface area contributed by atoms with Crippen LogP contribution in [0.5, 0.6) is 0 Å². The van der Waals surface area contributed by atoms with E-state index in [1.807, 2.05) is 0 Å². The highest BCUT2D eigenvalue weighted by atomic mass is 79.9. The highest BCUT2D eigenvalue weighted by molar-refractivity contribution is 9.10. The number of rotatable bonds is 4. The summed E-state index contributed by atoms with van der Waals surface area (Å²) in [6.45, 7) is 0. The minimum atomic E-state index is -4.11. The summed E-state index contributed by atoms with van der Waals surface area (Å²) in [5, 5.41) is 8.90. The zero-order valence-corrected chi connectivity index (χ0v) is 12.6. The zero-order chi connectivity index (χ0) is 15.6. The first-order valence-electron chi connectivity index (χ1n) is 5.48. The Morgan fingerprint density at radius 1 is 1.29 bits per heavy atom. The van der Waals surface area contributed by atoms with E-state index in [9.17, 15) is 17.6 Å². The van der Waals surface area contributed by atoms with Crippen LogP contribution in [0.4, 0.5) is 10.2 Å². The molecule has 0 saturated heterocycles. The predicted molar refractivity (Wildman–Crippen MR) is 76.1 cm³/mol. The molecule has 0 atom stereocenters. The van der Waals surface area contributed by atoms with Crippen molar-refractivity contribution in [3.63, 3.8) is 0 Å². The lowest BCUT2D eigenvalue weighted by atomic mass is 10.2. The Hall–Kier alpha value is -2.00. The minimum Gasteiger partial charge on any atom is -0.478 e. The van der Waals surface area contributed by atoms with Gasteiger partial charge in [-0.3, -0.25) is 4.72 Å². The van der Waals surface area contributed by atoms with Gasteiger partial charge >= 0.3 is 5.97 Å². The predicted octanol–water partition coefficient (Wildman–Crippen LogP) is 2.48. The molecule has 0 aliphatic rings. The van der Waals surface area contributed by atoms with Gasteiger partial charge in [-0.2, -0.15) is 4.39 Å². The van der Waals surface area contributed by atoms with E-state index < -0.39 is 21.9 Å². The van der Waals surface area contributed by atoms with Gasteiger partial charge in [0, 0.05) is 4.47 Å². The Morgan fingerprint density at radius 3 is 2.62 bits per heavy atom. The molecule has 0 aliphatic heterocycles. The summed E-state index contributed by atoms with van der Waals surface area (Å²) in [5.41, 5.74) is -0.189. The van der Waals surface area contributed by atoms with E-state index in [0.717, 1.165) is 12.1 Å². The van der Waals surface area contributed by atoms with Gasteiger partial charge in [0.15, 0.2) is 0 Å². The number of sulfonamides is 1. The second kappa shape index (κ2) is 5.78. The van der Waals surface area contributed by atoms with Gasteiger partial charge in [-0.25, -0.2) is 18.2 Å². The van der Waals surface area contributed by atoms with Gasteiger partial charge in [0.1, 0.15) is 10.7 Å². The molecule has 6 nitrogen and oxygen atoms in total. The fourth-order valence-electron chi connectivity index (χ4n) is 1.50. The van der Waals surface area contributed by atoms with Crippen molar-refractivity contribution in [1.29, 1.82) is 0 Å². The fourth-order valence-corrected chi connectivity index (χ4v) is 3.49. The fraction of sp³-hybridized carbons (Fsp3) is 0. The first-order valence-corrected chi connectivity index (χ1v) is 7.75. The number of benzene rings is 1. The van der Waals surface area contributed by atoms with Crippen LogP contribution in [0.25, 0.3) is 0 Å². The molecule has 0 radical (unpaired) electrons. The normalized spacial score (nSPS) is 11.1. The molecule has 1 aromatic carbocycles. The second-order valence-electron chi connectivity index (χ2n) is 3.90. The number of carbonyl (C=O) groups is 1. The Kier molecular flexibility index (Phi) is 4.24. The number of carboxylic acid groups (broad SMARTS) is 1. The van der Waals surface area contributed by atoms with Crippen LogP contribution in [0, 0.1) is 5.95 Å². The molecule has 9 heteroatoms. The lowest BCUT2D eigenvalue weighted by Crippen LogP contribution is -2.15. The number of aromatic carboxylic acids is 1. The van der Waals surface area contributed by atoms with Gasteiger partial charge in [-0.05, 0) is 46.3 Å². The van der Waals surface area contributed by atoms with E-state index in [2.05, 4.69) is 25.6 Å². The third-order valence-electron chi connectivity index (χ3n) is 2.42. The lowest BCUT2D eigenvalue weighted by molar-refractivity contribution is 0.0696. The van der Waals surface area contributed by atoms with Crippen LogP contribution in [0.15, 0.2) is 45.8 Å². The molecule has 0 fully saturated rings. The van der Waals surface area contributed by atoms with E-state index in [4.69, 9.17) is 5.11 Å². The number of hydrogen-bond donors (Lipinski definition) is 2. The number of carboxylic acids is 1. The molecule has 110 valence electrons. The Morgan fingerprint density at radius 2 is 2.00 bits per heavy atom. The maximum absolute atomic E-state index is 13.0. The average molecular weight is 375 g/mol. The van der Waals surface area contributed by atoms with Gasteiger partial charge in [0.2, 0.25) is 5.95 Å². The van der Waals surface area contributed by atoms with Crippen molar-refractivity contribution in [2.75, 3.05) is 4.72 Å². The molecular weight excluding hydrogens is 367 g/mol. The van der Waals surface area contributed by atoms with Gasteiger partial charge in [0.05, 0.1) is 5.56 Å². The van der Waals surface area contributed by atoms with Gasteiger partial charge in [-0.15, -0.1) is 0 Å². The van der Waals surface area contributed by atoms with Crippen LogP contribution < -0.4 is 4.72 Å². The van der Waals surface area contributed by atoms with Crippen LogP contribution in [0.1, 0.15) is 10.4 Å². The number of halogens is 2. The van der Waals surface area contributed by atoms with Crippen LogP contribution in [-0.2, 0) is 10.0 Å². The van der Waals surface area contributed by atoms with Crippen LogP contribution >= 0.6 is 15.9 Å². The molecule has 0 unspecified atom stereocenters. The molecule has 2 N–H and O–H groups in total. The third-order valence-corrected chi connectivity index (χ3v) is 4.77. The summed E-state index contributed by atoms with van der Waals surface area (Å²) < 4.78 is 39.6. The highest BCUT2D eigenvalue weighted by Gasteiger charge is 2.20. The summed E-state index contributed by atoms with van der Waals surface area (Å²) >= 11 is 3.04. The van der Waals surface area contributed by atoms with Crippen molar-refractivity contribution in [3.05, 3.63) is 52.4 Å². The van der Waals surface area contributed by atoms with E-state index in [0.29, 0.717) is 0 Å². The number of hydrogen-bond acceptors (Lipinski definition) is 4. The first-order chi connectivity index (χ1) is 9.79. The maximum Gasteiger partial charge on any atom is 0.335 e. The standard InChI is InChI=1S/C12H8BrFN2O4S/c13-8-5-4-7(12(17)18)6-9(8)21(19,20)16-11-3-1-2-10(14)15-11/h1-6H,(H,15,16)(H,17,18). The van der Waals surface area contributed by atoms with Gasteiger partial charge in [0.25, 0.3) is 10.0 Å². The molecule has 1 aromatic heterocycles. The zero-order valence-electron chi connectivity index (χ0n) is 10.2. The van der Waals surface area contributed by atoms with Crippen LogP contribution in [0.2, 0.25) is 0 Å². The SMILES string of the molecule is O=C(O)c1ccc(Br)c(S(=O)(=O)Nc2cccc(F)n2)c1. The molecule has 2 rings (SSSR count). The van der Waals surface area contributed by atoms with Crippen molar-refractivity contribution in [2.24, 2.45) is 0 Å². The Labute approximate surface area is 127 Å². The van der Waals surface area contributed by atoms with Crippen molar-refractivity contribution in [3.8, 4) is 0 Å². The lowest BCUT2D eigenvalue weighted by Gasteiger charge is -2.09. The Balaban J connectivity index is 2.44.